The number of hydrogen-bond donors (Lipinski definition) is 0. The topological polar surface area (TPSA) is 115 Å². The zero-order valence-electron chi connectivity index (χ0n) is 52.9. The minimum atomic E-state index is -0.131. The number of carbonyl (C=O) groups is 4. The Morgan fingerprint density at radius 2 is 0.565 bits per heavy atom. The highest BCUT2D eigenvalue weighted by Gasteiger charge is 2.46. The molecule has 3 fully saturated rings. The molecule has 0 spiro atoms. The van der Waals surface area contributed by atoms with E-state index in [4.69, 9.17) is 29.1 Å². The number of methoxy groups -OCH3 is 1. The maximum absolute atomic E-state index is 12.4. The van der Waals surface area contributed by atoms with Gasteiger partial charge in [0.05, 0.1) is 7.11 Å². The first-order valence-corrected chi connectivity index (χ1v) is 24.4. The Labute approximate surface area is 396 Å². The van der Waals surface area contributed by atoms with E-state index < -0.39 is 0 Å². The molecule has 0 unspecified atom stereocenters. The predicted octanol–water partition coefficient (Wildman–Crippen LogP) is 12.4. The van der Waals surface area contributed by atoms with Gasteiger partial charge in [0.2, 0.25) is 0 Å². The monoisotopic (exact) mass is 901 g/mol. The Morgan fingerprint density at radius 1 is 0.387 bits per heavy atom. The van der Waals surface area contributed by atoms with Gasteiger partial charge in [-0.05, 0) is 130 Å². The van der Waals surface area contributed by atoms with Gasteiger partial charge in [0, 0.05) is 114 Å². The van der Waals surface area contributed by atoms with Gasteiger partial charge in [-0.1, -0.05) is 51.4 Å². The molecule has 0 aromatic heterocycles. The van der Waals surface area contributed by atoms with E-state index in [9.17, 15) is 19.2 Å². The third-order valence-electron chi connectivity index (χ3n) is 15.0. The van der Waals surface area contributed by atoms with Crippen molar-refractivity contribution >= 4 is 23.9 Å². The van der Waals surface area contributed by atoms with Crippen molar-refractivity contribution in [1.29, 1.82) is 0 Å². The fourth-order valence-corrected chi connectivity index (χ4v) is 10.4. The number of piperidine rings is 3. The summed E-state index contributed by atoms with van der Waals surface area (Å²) in [6.45, 7) is 26.7. The molecule has 3 rings (SSSR count). The number of ether oxygens (including phenoxy) is 4. The second-order valence-corrected chi connectivity index (χ2v) is 22.9. The van der Waals surface area contributed by atoms with E-state index in [2.05, 4.69) is 124 Å². The zero-order valence-corrected chi connectivity index (χ0v) is 42.9. The molecular formula is C51H107N3O8. The van der Waals surface area contributed by atoms with Crippen molar-refractivity contribution in [2.24, 2.45) is 0 Å². The van der Waals surface area contributed by atoms with Gasteiger partial charge < -0.3 is 18.9 Å². The maximum atomic E-state index is 12.4. The van der Waals surface area contributed by atoms with Crippen molar-refractivity contribution in [3.63, 3.8) is 0 Å². The molecule has 3 saturated heterocycles. The van der Waals surface area contributed by atoms with Crippen molar-refractivity contribution in [2.75, 3.05) is 28.3 Å². The quantitative estimate of drug-likeness (QED) is 0.0623. The summed E-state index contributed by atoms with van der Waals surface area (Å²) in [5, 5.41) is 0. The molecule has 0 aliphatic carbocycles. The number of rotatable bonds is 21. The molecule has 0 saturated carbocycles. The van der Waals surface area contributed by atoms with Crippen LogP contribution in [0.2, 0.25) is 0 Å². The van der Waals surface area contributed by atoms with Crippen LogP contribution in [0, 0.1) is 0 Å². The molecule has 0 amide bonds. The largest absolute Gasteiger partial charge is 0.469 e. The van der Waals surface area contributed by atoms with Crippen LogP contribution in [0.5, 0.6) is 0 Å². The molecule has 62 heavy (non-hydrogen) atoms. The number of carbonyl (C=O) groups excluding carboxylic acids is 4. The lowest BCUT2D eigenvalue weighted by molar-refractivity contribution is -0.160. The minimum absolute atomic E-state index is 0. The Morgan fingerprint density at radius 3 is 0.758 bits per heavy atom. The smallest absolute Gasteiger partial charge is 0.306 e. The van der Waals surface area contributed by atoms with Crippen molar-refractivity contribution in [2.45, 2.75) is 276 Å². The van der Waals surface area contributed by atoms with Gasteiger partial charge in [0.1, 0.15) is 18.3 Å². The predicted molar refractivity (Wildman–Crippen MR) is 264 cm³/mol. The van der Waals surface area contributed by atoms with E-state index >= 15 is 0 Å². The summed E-state index contributed by atoms with van der Waals surface area (Å²) in [5.74, 6) is -0.303. The van der Waals surface area contributed by atoms with Crippen molar-refractivity contribution in [1.82, 2.24) is 14.7 Å². The molecule has 0 radical (unpaired) electrons. The average molecular weight is 901 g/mol. The summed E-state index contributed by atoms with van der Waals surface area (Å²) in [4.78, 5) is 55.2. The van der Waals surface area contributed by atoms with Gasteiger partial charge in [-0.2, -0.15) is 0 Å². The highest BCUT2D eigenvalue weighted by atomic mass is 16.6. The van der Waals surface area contributed by atoms with Gasteiger partial charge in [-0.25, -0.2) is 0 Å². The molecular weight excluding hydrogens is 783 g/mol. The Bertz CT molecular complexity index is 1330. The Kier molecular flexibility index (Phi) is 18.7. The van der Waals surface area contributed by atoms with Gasteiger partial charge in [-0.15, -0.1) is 0 Å². The standard InChI is InChI=1S/C30H56N2O4.C21H39NO4.6H2/c1-27(2)19-23(20-28(3,4)31(27)9)35-25(33)17-15-13-11-12-14-16-18-26(34)36-24-21-29(5,6)32(10)30(7,8)22-24;1-20(2)15-17(16-21(3,4)22(20)5)26-19(24)14-12-10-8-7-9-11-13-18(23)25-6;;;;;;/h23-24H,11-22H2,1-10H3;17H,7-16H2,1-6H3;6*1H/i;;5*1+1D;1+1. The average Bonchev–Trinajstić information content (AvgIpc) is 3.31. The third kappa shape index (κ3) is 18.7. The van der Waals surface area contributed by atoms with Gasteiger partial charge in [-0.3, -0.25) is 33.9 Å². The minimum Gasteiger partial charge on any atom is -0.469 e. The number of likely N-dealkylation sites (tertiary alicyclic amines) is 3. The van der Waals surface area contributed by atoms with E-state index in [-0.39, 0.29) is 76.8 Å². The summed E-state index contributed by atoms with van der Waals surface area (Å²) < 4.78 is 72.1. The van der Waals surface area contributed by atoms with E-state index in [1.807, 2.05) is 0 Å². The number of hydrogen-bond acceptors (Lipinski definition) is 11. The van der Waals surface area contributed by atoms with Crippen LogP contribution in [-0.4, -0.2) is 118 Å². The van der Waals surface area contributed by atoms with Gasteiger partial charge in [0.15, 0.2) is 0 Å². The molecule has 0 atom stereocenters. The van der Waals surface area contributed by atoms with E-state index in [0.717, 1.165) is 116 Å². The Hall–Kier alpha value is -2.24. The fraction of sp³-hybridized carbons (Fsp3) is 0.922. The number of esters is 4. The first kappa shape index (κ1) is 47.7. The highest BCUT2D eigenvalue weighted by Crippen LogP contribution is 2.40. The number of nitrogens with zero attached hydrogens (tertiary/aromatic N) is 3. The normalized spacial score (nSPS) is 23.2. The molecule has 0 N–H and O–H groups in total. The lowest BCUT2D eigenvalue weighted by Gasteiger charge is -2.53. The first-order valence-electron chi connectivity index (χ1n) is 29.4. The lowest BCUT2D eigenvalue weighted by atomic mass is 9.78. The van der Waals surface area contributed by atoms with Crippen LogP contribution in [-0.2, 0) is 38.1 Å². The second-order valence-electron chi connectivity index (χ2n) is 22.9. The second kappa shape index (κ2) is 24.3. The van der Waals surface area contributed by atoms with Crippen molar-refractivity contribution in [3.8, 4) is 0 Å². The van der Waals surface area contributed by atoms with E-state index in [1.165, 1.54) is 7.11 Å². The van der Waals surface area contributed by atoms with Crippen molar-refractivity contribution in [3.05, 3.63) is 0 Å². The molecule has 0 aromatic rings. The van der Waals surface area contributed by atoms with Gasteiger partial charge >= 0.3 is 23.9 Å². The van der Waals surface area contributed by atoms with Crippen LogP contribution in [0.15, 0.2) is 0 Å². The molecule has 11 nitrogen and oxygen atoms in total. The summed E-state index contributed by atoms with van der Waals surface area (Å²) in [6, 6.07) is 0. The highest BCUT2D eigenvalue weighted by molar-refractivity contribution is 5.70. The van der Waals surface area contributed by atoms with Crippen LogP contribution < -0.4 is 0 Å². The molecule has 3 aliphatic heterocycles. The third-order valence-corrected chi connectivity index (χ3v) is 15.0. The van der Waals surface area contributed by atoms with Crippen LogP contribution in [0.3, 0.4) is 0 Å². The van der Waals surface area contributed by atoms with Gasteiger partial charge in [0.25, 0.3) is 0 Å². The SMILES string of the molecule is CN1C(C)(C)CC(OC(=O)CCCCCCCCC(=O)OC2CC(C)(C)N(C)C(C)(C)C2)CC1(C)C.COC(=O)CCCCCCCCC(=O)OC1CC(C)(C)N(C)C(C)(C)C1.[2HH].[2H][2H].[2H][2H].[2H][2H].[2H][2H].[2H][2H]. The maximum Gasteiger partial charge on any atom is 0.306 e. The van der Waals surface area contributed by atoms with E-state index in [0.29, 0.717) is 25.7 Å². The molecule has 3 heterocycles. The molecule has 0 bridgehead atoms. The van der Waals surface area contributed by atoms with Crippen LogP contribution in [0.25, 0.3) is 0 Å². The summed E-state index contributed by atoms with van der Waals surface area (Å²) in [7, 11) is 7.91. The first-order chi connectivity index (χ1) is 33.5. The zero-order chi connectivity index (χ0) is 57.2. The fourth-order valence-electron chi connectivity index (χ4n) is 10.4. The number of unbranched alkanes of at least 4 members (excludes halogenated alkanes) is 10. The molecule has 374 valence electrons. The summed E-state index contributed by atoms with van der Waals surface area (Å²) >= 11 is 0. The van der Waals surface area contributed by atoms with Crippen LogP contribution >= 0.6 is 0 Å². The van der Waals surface area contributed by atoms with Crippen molar-refractivity contribution < 1.29 is 54.4 Å². The molecule has 3 aliphatic rings. The summed E-state index contributed by atoms with van der Waals surface area (Å²) in [6.07, 6.45) is 19.4. The lowest BCUT2D eigenvalue weighted by Crippen LogP contribution is -2.60. The van der Waals surface area contributed by atoms with Crippen LogP contribution in [0.1, 0.15) is 241 Å². The van der Waals surface area contributed by atoms with Crippen LogP contribution in [0.4, 0.5) is 0 Å². The Balaban J connectivity index is -0.000000368. The van der Waals surface area contributed by atoms with E-state index in [1.54, 1.807) is 0 Å². The summed E-state index contributed by atoms with van der Waals surface area (Å²) in [5.41, 5.74) is 0.186. The molecule has 0 aromatic carbocycles. The molecule has 11 heteroatoms.